The van der Waals surface area contributed by atoms with Gasteiger partial charge in [-0.2, -0.15) is 0 Å². The summed E-state index contributed by atoms with van der Waals surface area (Å²) < 4.78 is 0. The van der Waals surface area contributed by atoms with Crippen molar-refractivity contribution in [1.82, 2.24) is 16.0 Å². The maximum absolute atomic E-state index is 12.7. The molecule has 16 heteroatoms. The lowest BCUT2D eigenvalue weighted by Gasteiger charge is -2.23. The van der Waals surface area contributed by atoms with Gasteiger partial charge in [0.1, 0.15) is 18.6 Å². The molecule has 0 saturated carbocycles. The second-order valence-electron chi connectivity index (χ2n) is 6.89. The van der Waals surface area contributed by atoms with Crippen LogP contribution in [0.1, 0.15) is 32.1 Å². The molecule has 0 aromatic heterocycles. The van der Waals surface area contributed by atoms with Crippen LogP contribution in [0, 0.1) is 0 Å². The Hall–Kier alpha value is -3.95. The van der Waals surface area contributed by atoms with E-state index in [2.05, 4.69) is 15.6 Å². The number of carbonyl (C=O) groups excluding carboxylic acids is 4. The molecule has 186 valence electrons. The van der Waals surface area contributed by atoms with E-state index in [0.717, 1.165) is 0 Å². The molecule has 0 aliphatic heterocycles. The van der Waals surface area contributed by atoms with E-state index in [0.29, 0.717) is 0 Å². The third kappa shape index (κ3) is 13.9. The lowest BCUT2D eigenvalue weighted by Crippen LogP contribution is -2.56. The van der Waals surface area contributed by atoms with Crippen LogP contribution in [0.3, 0.4) is 0 Å². The number of nitrogens with one attached hydrogen (secondary N) is 3. The highest BCUT2D eigenvalue weighted by Crippen LogP contribution is 2.03. The van der Waals surface area contributed by atoms with Gasteiger partial charge in [0.2, 0.25) is 23.6 Å². The number of rotatable bonds is 16. The van der Waals surface area contributed by atoms with Gasteiger partial charge in [-0.1, -0.05) is 0 Å². The highest BCUT2D eigenvalue weighted by atomic mass is 16.4. The second-order valence-corrected chi connectivity index (χ2v) is 6.89. The summed E-state index contributed by atoms with van der Waals surface area (Å²) in [5, 5.41) is 24.2. The Morgan fingerprint density at radius 3 is 1.94 bits per heavy atom. The van der Waals surface area contributed by atoms with Crippen LogP contribution in [0.15, 0.2) is 4.99 Å². The number of nitrogens with two attached hydrogens (primary N) is 4. The standard InChI is InChI=1S/C17H30N8O8/c18-8(3-4-11(19)26)14(31)24-9(2-1-5-22-17(20)21)16(33)25-10(6-12(27)28)15(32)23-7-13(29)30/h8-10H,1-7,18H2,(H2,19,26)(H,23,32)(H,24,31)(H,25,33)(H,27,28)(H,29,30)(H4,20,21,22). The Morgan fingerprint density at radius 2 is 1.42 bits per heavy atom. The van der Waals surface area contributed by atoms with Crippen LogP contribution in [0.5, 0.6) is 0 Å². The van der Waals surface area contributed by atoms with E-state index in [1.165, 1.54) is 0 Å². The maximum Gasteiger partial charge on any atom is 0.322 e. The van der Waals surface area contributed by atoms with Gasteiger partial charge in [0, 0.05) is 13.0 Å². The molecule has 0 fully saturated rings. The van der Waals surface area contributed by atoms with E-state index < -0.39 is 66.7 Å². The van der Waals surface area contributed by atoms with Crippen molar-refractivity contribution in [2.45, 2.75) is 50.2 Å². The minimum atomic E-state index is -1.62. The van der Waals surface area contributed by atoms with Crippen LogP contribution in [0.4, 0.5) is 0 Å². The van der Waals surface area contributed by atoms with Crippen LogP contribution in [0.2, 0.25) is 0 Å². The Bertz CT molecular complexity index is 768. The molecule has 0 spiro atoms. The van der Waals surface area contributed by atoms with E-state index in [-0.39, 0.29) is 38.2 Å². The molecule has 16 nitrogen and oxygen atoms in total. The van der Waals surface area contributed by atoms with Crippen LogP contribution < -0.4 is 38.9 Å². The third-order valence-corrected chi connectivity index (χ3v) is 4.04. The van der Waals surface area contributed by atoms with E-state index in [1.807, 2.05) is 5.32 Å². The first-order valence-corrected chi connectivity index (χ1v) is 9.74. The van der Waals surface area contributed by atoms with Gasteiger partial charge in [0.05, 0.1) is 12.5 Å². The van der Waals surface area contributed by atoms with E-state index >= 15 is 0 Å². The fourth-order valence-corrected chi connectivity index (χ4v) is 2.42. The molecular weight excluding hydrogens is 444 g/mol. The quantitative estimate of drug-likeness (QED) is 0.0581. The molecule has 0 aliphatic rings. The molecule has 4 amide bonds. The summed E-state index contributed by atoms with van der Waals surface area (Å²) in [5.41, 5.74) is 21.2. The van der Waals surface area contributed by atoms with Crippen molar-refractivity contribution in [3.63, 3.8) is 0 Å². The first-order valence-electron chi connectivity index (χ1n) is 9.74. The average molecular weight is 474 g/mol. The Labute approximate surface area is 188 Å². The molecule has 0 heterocycles. The number of nitrogens with zero attached hydrogens (tertiary/aromatic N) is 1. The molecule has 0 rings (SSSR count). The van der Waals surface area contributed by atoms with Gasteiger partial charge in [-0.05, 0) is 19.3 Å². The van der Waals surface area contributed by atoms with Gasteiger partial charge in [-0.15, -0.1) is 0 Å². The molecule has 0 aromatic carbocycles. The van der Waals surface area contributed by atoms with Gasteiger partial charge < -0.3 is 49.1 Å². The van der Waals surface area contributed by atoms with Crippen molar-refractivity contribution in [1.29, 1.82) is 0 Å². The lowest BCUT2D eigenvalue weighted by atomic mass is 10.1. The second kappa shape index (κ2) is 15.0. The number of carbonyl (C=O) groups is 6. The fourth-order valence-electron chi connectivity index (χ4n) is 2.42. The number of primary amides is 1. The van der Waals surface area contributed by atoms with Gasteiger partial charge in [0.15, 0.2) is 5.96 Å². The first-order chi connectivity index (χ1) is 15.3. The maximum atomic E-state index is 12.7. The minimum absolute atomic E-state index is 0.0204. The predicted molar refractivity (Wildman–Crippen MR) is 113 cm³/mol. The molecule has 3 unspecified atom stereocenters. The van der Waals surface area contributed by atoms with E-state index in [4.69, 9.17) is 33.1 Å². The van der Waals surface area contributed by atoms with Crippen molar-refractivity contribution in [3.8, 4) is 0 Å². The molecule has 33 heavy (non-hydrogen) atoms. The minimum Gasteiger partial charge on any atom is -0.481 e. The highest BCUT2D eigenvalue weighted by molar-refractivity contribution is 5.95. The molecule has 0 bridgehead atoms. The lowest BCUT2D eigenvalue weighted by molar-refractivity contribution is -0.141. The number of hydrogen-bond acceptors (Lipinski definition) is 8. The summed E-state index contributed by atoms with van der Waals surface area (Å²) in [5.74, 6) is -6.43. The number of hydrogen-bond donors (Lipinski definition) is 9. The molecular formula is C17H30N8O8. The average Bonchev–Trinajstić information content (AvgIpc) is 2.70. The van der Waals surface area contributed by atoms with Crippen molar-refractivity contribution >= 4 is 41.5 Å². The zero-order valence-electron chi connectivity index (χ0n) is 17.8. The van der Waals surface area contributed by atoms with E-state index in [9.17, 15) is 28.8 Å². The number of aliphatic imine (C=N–C) groups is 1. The summed E-state index contributed by atoms with van der Waals surface area (Å²) in [6.07, 6.45) is -0.901. The molecule has 0 radical (unpaired) electrons. The molecule has 3 atom stereocenters. The highest BCUT2D eigenvalue weighted by Gasteiger charge is 2.29. The van der Waals surface area contributed by atoms with Crippen molar-refractivity contribution in [2.75, 3.05) is 13.1 Å². The first kappa shape index (κ1) is 29.0. The largest absolute Gasteiger partial charge is 0.481 e. The molecule has 0 aromatic rings. The number of amides is 4. The van der Waals surface area contributed by atoms with Crippen molar-refractivity contribution < 1.29 is 39.0 Å². The van der Waals surface area contributed by atoms with Crippen LogP contribution in [-0.4, -0.2) is 83.0 Å². The summed E-state index contributed by atoms with van der Waals surface area (Å²) in [7, 11) is 0. The Kier molecular flexibility index (Phi) is 13.2. The zero-order chi connectivity index (χ0) is 25.6. The summed E-state index contributed by atoms with van der Waals surface area (Å²) in [6.45, 7) is -0.689. The van der Waals surface area contributed by atoms with Gasteiger partial charge >= 0.3 is 11.9 Å². The molecule has 0 saturated heterocycles. The molecule has 0 aliphatic carbocycles. The number of carboxylic acid groups (broad SMARTS) is 2. The number of carboxylic acids is 2. The normalized spacial score (nSPS) is 13.0. The van der Waals surface area contributed by atoms with Crippen LogP contribution in [0.25, 0.3) is 0 Å². The monoisotopic (exact) mass is 474 g/mol. The Morgan fingerprint density at radius 1 is 0.818 bits per heavy atom. The predicted octanol–water partition coefficient (Wildman–Crippen LogP) is -4.72. The third-order valence-electron chi connectivity index (χ3n) is 4.04. The van der Waals surface area contributed by atoms with Gasteiger partial charge in [-0.25, -0.2) is 0 Å². The number of aliphatic carboxylic acids is 2. The van der Waals surface area contributed by atoms with Gasteiger partial charge in [0.25, 0.3) is 0 Å². The molecule has 13 N–H and O–H groups in total. The topological polar surface area (TPSA) is 295 Å². The summed E-state index contributed by atoms with van der Waals surface area (Å²) in [6, 6.07) is -4.05. The summed E-state index contributed by atoms with van der Waals surface area (Å²) in [4.78, 5) is 73.4. The number of guanidine groups is 1. The smallest absolute Gasteiger partial charge is 0.322 e. The SMILES string of the molecule is NC(=O)CCC(N)C(=O)NC(CCCN=C(N)N)C(=O)NC(CC(=O)O)C(=O)NCC(=O)O. The van der Waals surface area contributed by atoms with Crippen LogP contribution >= 0.6 is 0 Å². The summed E-state index contributed by atoms with van der Waals surface area (Å²) >= 11 is 0. The van der Waals surface area contributed by atoms with E-state index in [1.54, 1.807) is 0 Å². The zero-order valence-corrected chi connectivity index (χ0v) is 17.8. The van der Waals surface area contributed by atoms with Crippen LogP contribution in [-0.2, 0) is 28.8 Å². The fraction of sp³-hybridized carbons (Fsp3) is 0.588. The Balaban J connectivity index is 5.37. The van der Waals surface area contributed by atoms with Crippen molar-refractivity contribution in [2.24, 2.45) is 27.9 Å². The van der Waals surface area contributed by atoms with Crippen molar-refractivity contribution in [3.05, 3.63) is 0 Å². The van der Waals surface area contributed by atoms with Gasteiger partial charge in [-0.3, -0.25) is 33.8 Å².